The number of halogens is 1. The molecule has 0 aromatic carbocycles. The third-order valence-electron chi connectivity index (χ3n) is 4.91. The van der Waals surface area contributed by atoms with Crippen molar-refractivity contribution < 1.29 is 0 Å². The van der Waals surface area contributed by atoms with Gasteiger partial charge in [-0.3, -0.25) is 4.68 Å². The fraction of sp³-hybridized carbons (Fsp3) is 0.786. The average Bonchev–Trinajstić information content (AvgIpc) is 3.03. The molecule has 0 aliphatic heterocycles. The number of nitrogens with zero attached hydrogens (tertiary/aromatic N) is 2. The molecule has 3 atom stereocenters. The summed E-state index contributed by atoms with van der Waals surface area (Å²) in [5.74, 6) is 2.64. The van der Waals surface area contributed by atoms with Crippen LogP contribution in [0.15, 0.2) is 4.47 Å². The van der Waals surface area contributed by atoms with Crippen LogP contribution >= 0.6 is 15.9 Å². The molecule has 3 rings (SSSR count). The quantitative estimate of drug-likeness (QED) is 0.933. The van der Waals surface area contributed by atoms with Crippen molar-refractivity contribution in [3.63, 3.8) is 0 Å². The van der Waals surface area contributed by atoms with Crippen LogP contribution in [0.2, 0.25) is 0 Å². The second kappa shape index (κ2) is 4.64. The van der Waals surface area contributed by atoms with Crippen molar-refractivity contribution >= 4 is 15.9 Å². The molecule has 1 aromatic heterocycles. The third-order valence-corrected chi connectivity index (χ3v) is 5.94. The first-order valence-electron chi connectivity index (χ1n) is 7.03. The van der Waals surface area contributed by atoms with E-state index in [9.17, 15) is 0 Å². The first kappa shape index (κ1) is 12.7. The Kier molecular flexibility index (Phi) is 3.27. The van der Waals surface area contributed by atoms with Crippen LogP contribution in [0.3, 0.4) is 0 Å². The minimum Gasteiger partial charge on any atom is -0.327 e. The summed E-state index contributed by atoms with van der Waals surface area (Å²) in [6.07, 6.45) is 6.61. The average molecular weight is 312 g/mol. The summed E-state index contributed by atoms with van der Waals surface area (Å²) in [5, 5.41) is 4.45. The van der Waals surface area contributed by atoms with Crippen molar-refractivity contribution in [2.24, 2.45) is 30.5 Å². The summed E-state index contributed by atoms with van der Waals surface area (Å²) >= 11 is 3.64. The number of hydrogen-bond acceptors (Lipinski definition) is 2. The number of nitrogens with two attached hydrogens (primary N) is 1. The molecule has 0 amide bonds. The Morgan fingerprint density at radius 1 is 1.39 bits per heavy atom. The van der Waals surface area contributed by atoms with E-state index in [1.54, 1.807) is 0 Å². The lowest BCUT2D eigenvalue weighted by Gasteiger charge is -2.12. The summed E-state index contributed by atoms with van der Waals surface area (Å²) in [6, 6.07) is 0.309. The molecular weight excluding hydrogens is 290 g/mol. The van der Waals surface area contributed by atoms with Gasteiger partial charge in [0.25, 0.3) is 0 Å². The van der Waals surface area contributed by atoms with E-state index in [0.29, 0.717) is 6.04 Å². The minimum atomic E-state index is 0.309. The maximum absolute atomic E-state index is 6.46. The fourth-order valence-electron chi connectivity index (χ4n) is 3.94. The molecule has 1 aromatic rings. The van der Waals surface area contributed by atoms with Crippen LogP contribution < -0.4 is 5.73 Å². The predicted molar refractivity (Wildman–Crippen MR) is 76.3 cm³/mol. The molecule has 1 heterocycles. The van der Waals surface area contributed by atoms with Crippen molar-refractivity contribution in [3.8, 4) is 0 Å². The SMILES string of the molecule is Cc1nn(C)c(CC(N)C2C3CCCCC32)c1Br. The van der Waals surface area contributed by atoms with Gasteiger partial charge in [-0.15, -0.1) is 0 Å². The zero-order chi connectivity index (χ0) is 12.9. The molecule has 2 N–H and O–H groups in total. The molecule has 3 unspecified atom stereocenters. The summed E-state index contributed by atoms with van der Waals surface area (Å²) in [4.78, 5) is 0. The number of aromatic nitrogens is 2. The van der Waals surface area contributed by atoms with Gasteiger partial charge in [0.1, 0.15) is 0 Å². The van der Waals surface area contributed by atoms with Gasteiger partial charge in [0.05, 0.1) is 15.9 Å². The highest BCUT2D eigenvalue weighted by Gasteiger charge is 2.53. The number of rotatable bonds is 3. The Hall–Kier alpha value is -0.350. The lowest BCUT2D eigenvalue weighted by molar-refractivity contribution is 0.480. The van der Waals surface area contributed by atoms with Crippen LogP contribution in [0.4, 0.5) is 0 Å². The Bertz CT molecular complexity index is 442. The van der Waals surface area contributed by atoms with E-state index in [0.717, 1.165) is 34.3 Å². The van der Waals surface area contributed by atoms with Gasteiger partial charge >= 0.3 is 0 Å². The maximum Gasteiger partial charge on any atom is 0.0738 e. The number of hydrogen-bond donors (Lipinski definition) is 1. The van der Waals surface area contributed by atoms with Crippen molar-refractivity contribution in [3.05, 3.63) is 15.9 Å². The first-order valence-corrected chi connectivity index (χ1v) is 7.82. The van der Waals surface area contributed by atoms with Gasteiger partial charge in [0.15, 0.2) is 0 Å². The molecule has 4 heteroatoms. The first-order chi connectivity index (χ1) is 8.59. The highest BCUT2D eigenvalue weighted by atomic mass is 79.9. The molecule has 100 valence electrons. The van der Waals surface area contributed by atoms with E-state index in [1.807, 2.05) is 18.7 Å². The molecule has 0 radical (unpaired) electrons. The summed E-state index contributed by atoms with van der Waals surface area (Å²) in [6.45, 7) is 2.04. The summed E-state index contributed by atoms with van der Waals surface area (Å²) in [5.41, 5.74) is 8.77. The van der Waals surface area contributed by atoms with Crippen LogP contribution in [0.5, 0.6) is 0 Å². The second-order valence-electron chi connectivity index (χ2n) is 6.03. The van der Waals surface area contributed by atoms with Crippen molar-refractivity contribution in [2.45, 2.75) is 45.1 Å². The molecule has 0 bridgehead atoms. The maximum atomic E-state index is 6.46. The molecular formula is C14H22BrN3. The van der Waals surface area contributed by atoms with E-state index in [4.69, 9.17) is 5.73 Å². The Morgan fingerprint density at radius 3 is 2.50 bits per heavy atom. The predicted octanol–water partition coefficient (Wildman–Crippen LogP) is 2.80. The molecule has 0 spiro atoms. The van der Waals surface area contributed by atoms with E-state index in [1.165, 1.54) is 31.4 Å². The van der Waals surface area contributed by atoms with Gasteiger partial charge in [0, 0.05) is 19.5 Å². The van der Waals surface area contributed by atoms with Crippen molar-refractivity contribution in [1.29, 1.82) is 0 Å². The molecule has 0 saturated heterocycles. The van der Waals surface area contributed by atoms with Crippen LogP contribution in [-0.2, 0) is 13.5 Å². The fourth-order valence-corrected chi connectivity index (χ4v) is 4.44. The molecule has 2 aliphatic rings. The highest BCUT2D eigenvalue weighted by Crippen LogP contribution is 2.56. The van der Waals surface area contributed by atoms with Crippen molar-refractivity contribution in [1.82, 2.24) is 9.78 Å². The lowest BCUT2D eigenvalue weighted by atomic mass is 10.0. The largest absolute Gasteiger partial charge is 0.327 e. The van der Waals surface area contributed by atoms with E-state index in [2.05, 4.69) is 21.0 Å². The smallest absolute Gasteiger partial charge is 0.0738 e. The topological polar surface area (TPSA) is 43.8 Å². The van der Waals surface area contributed by atoms with Gasteiger partial charge in [-0.1, -0.05) is 12.8 Å². The van der Waals surface area contributed by atoms with Crippen LogP contribution in [0.1, 0.15) is 37.1 Å². The summed E-state index contributed by atoms with van der Waals surface area (Å²) < 4.78 is 3.12. The zero-order valence-electron chi connectivity index (χ0n) is 11.2. The Balaban J connectivity index is 1.69. The van der Waals surface area contributed by atoms with Crippen LogP contribution in [0.25, 0.3) is 0 Å². The standard InChI is InChI=1S/C14H22BrN3/c1-8-14(15)12(18(2)17-8)7-11(16)13-9-5-3-4-6-10(9)13/h9-11,13H,3-7,16H2,1-2H3. The number of fused-ring (bicyclic) bond motifs is 1. The molecule has 2 saturated carbocycles. The second-order valence-corrected chi connectivity index (χ2v) is 6.82. The molecule has 2 aliphatic carbocycles. The minimum absolute atomic E-state index is 0.309. The lowest BCUT2D eigenvalue weighted by Crippen LogP contribution is -2.28. The normalized spacial score (nSPS) is 32.1. The van der Waals surface area contributed by atoms with Gasteiger partial charge in [-0.25, -0.2) is 0 Å². The van der Waals surface area contributed by atoms with Gasteiger partial charge in [-0.05, 0) is 53.4 Å². The van der Waals surface area contributed by atoms with Gasteiger partial charge < -0.3 is 5.73 Å². The van der Waals surface area contributed by atoms with E-state index in [-0.39, 0.29) is 0 Å². The summed E-state index contributed by atoms with van der Waals surface area (Å²) in [7, 11) is 2.01. The molecule has 3 nitrogen and oxygen atoms in total. The Morgan fingerprint density at radius 2 is 2.00 bits per heavy atom. The van der Waals surface area contributed by atoms with E-state index < -0.39 is 0 Å². The van der Waals surface area contributed by atoms with E-state index >= 15 is 0 Å². The van der Waals surface area contributed by atoms with Gasteiger partial charge in [0.2, 0.25) is 0 Å². The van der Waals surface area contributed by atoms with Crippen LogP contribution in [0, 0.1) is 24.7 Å². The zero-order valence-corrected chi connectivity index (χ0v) is 12.8. The third kappa shape index (κ3) is 2.03. The van der Waals surface area contributed by atoms with Crippen LogP contribution in [-0.4, -0.2) is 15.8 Å². The molecule has 18 heavy (non-hydrogen) atoms. The van der Waals surface area contributed by atoms with Crippen molar-refractivity contribution in [2.75, 3.05) is 0 Å². The monoisotopic (exact) mass is 311 g/mol. The number of aryl methyl sites for hydroxylation is 2. The van der Waals surface area contributed by atoms with Gasteiger partial charge in [-0.2, -0.15) is 5.10 Å². The highest BCUT2D eigenvalue weighted by molar-refractivity contribution is 9.10. The Labute approximate surface area is 117 Å². The molecule has 2 fully saturated rings.